The maximum atomic E-state index is 12.6. The second kappa shape index (κ2) is 9.09. The predicted octanol–water partition coefficient (Wildman–Crippen LogP) is 4.46. The number of carbonyl (C=O) groups excluding carboxylic acids is 1. The van der Waals surface area contributed by atoms with Crippen molar-refractivity contribution in [2.75, 3.05) is 0 Å². The second-order valence-electron chi connectivity index (χ2n) is 7.96. The molecule has 1 aromatic carbocycles. The highest BCUT2D eigenvalue weighted by Crippen LogP contribution is 2.33. The third-order valence-corrected chi connectivity index (χ3v) is 5.04. The van der Waals surface area contributed by atoms with Crippen molar-refractivity contribution in [2.45, 2.75) is 33.3 Å². The van der Waals surface area contributed by atoms with Crippen molar-refractivity contribution >= 4 is 5.78 Å². The summed E-state index contributed by atoms with van der Waals surface area (Å²) in [4.78, 5) is 25.8. The van der Waals surface area contributed by atoms with Crippen LogP contribution < -0.4 is 4.74 Å². The minimum atomic E-state index is -0.0277. The van der Waals surface area contributed by atoms with E-state index in [2.05, 4.69) is 20.1 Å². The highest BCUT2D eigenvalue weighted by molar-refractivity contribution is 5.98. The number of hydrogen-bond donors (Lipinski definition) is 0. The molecule has 32 heavy (non-hydrogen) atoms. The molecular formula is C25H25N5O2. The zero-order valence-electron chi connectivity index (χ0n) is 18.6. The number of benzene rings is 1. The fourth-order valence-corrected chi connectivity index (χ4v) is 3.44. The molecule has 0 saturated carbocycles. The van der Waals surface area contributed by atoms with E-state index < -0.39 is 0 Å². The van der Waals surface area contributed by atoms with Crippen LogP contribution >= 0.6 is 0 Å². The van der Waals surface area contributed by atoms with Gasteiger partial charge in [0, 0.05) is 48.5 Å². The summed E-state index contributed by atoms with van der Waals surface area (Å²) in [5, 5.41) is 4.26. The molecule has 0 fully saturated rings. The zero-order valence-corrected chi connectivity index (χ0v) is 18.6. The van der Waals surface area contributed by atoms with Crippen molar-refractivity contribution in [3.05, 3.63) is 78.3 Å². The van der Waals surface area contributed by atoms with Gasteiger partial charge in [0.2, 0.25) is 0 Å². The minimum absolute atomic E-state index is 0.0190. The lowest BCUT2D eigenvalue weighted by Crippen LogP contribution is -2.08. The van der Waals surface area contributed by atoms with Crippen LogP contribution in [0, 0.1) is 6.92 Å². The van der Waals surface area contributed by atoms with E-state index in [1.807, 2.05) is 64.5 Å². The van der Waals surface area contributed by atoms with Crippen molar-refractivity contribution in [1.82, 2.24) is 24.7 Å². The molecule has 7 nitrogen and oxygen atoms in total. The zero-order chi connectivity index (χ0) is 22.7. The summed E-state index contributed by atoms with van der Waals surface area (Å²) in [6, 6.07) is 7.81. The van der Waals surface area contributed by atoms with Gasteiger partial charge in [0.25, 0.3) is 0 Å². The Labute approximate surface area is 187 Å². The number of pyridine rings is 1. The molecule has 7 heteroatoms. The molecule has 0 N–H and O–H groups in total. The number of hydrogen-bond acceptors (Lipinski definition) is 6. The second-order valence-corrected chi connectivity index (χ2v) is 7.96. The molecule has 4 rings (SSSR count). The summed E-state index contributed by atoms with van der Waals surface area (Å²) in [6.45, 7) is 5.87. The number of ether oxygens (including phenoxy) is 1. The number of nitrogens with zero attached hydrogens (tertiary/aromatic N) is 5. The summed E-state index contributed by atoms with van der Waals surface area (Å²) in [6.07, 6.45) is 10.6. The topological polar surface area (TPSA) is 82.8 Å². The summed E-state index contributed by atoms with van der Waals surface area (Å²) in [7, 11) is 1.89. The summed E-state index contributed by atoms with van der Waals surface area (Å²) in [5.74, 6) is 0.705. The summed E-state index contributed by atoms with van der Waals surface area (Å²) in [5.41, 5.74) is 5.65. The molecule has 0 atom stereocenters. The molecule has 0 bridgehead atoms. The average Bonchev–Trinajstić information content (AvgIpc) is 3.21. The van der Waals surface area contributed by atoms with Gasteiger partial charge in [0.05, 0.1) is 36.3 Å². The quantitative estimate of drug-likeness (QED) is 0.405. The van der Waals surface area contributed by atoms with Gasteiger partial charge in [-0.2, -0.15) is 5.10 Å². The highest BCUT2D eigenvalue weighted by Gasteiger charge is 2.15. The lowest BCUT2D eigenvalue weighted by molar-refractivity contribution is 0.0991. The smallest absolute Gasteiger partial charge is 0.170 e. The predicted molar refractivity (Wildman–Crippen MR) is 122 cm³/mol. The Bertz CT molecular complexity index is 1250. The number of Topliss-reactive ketones (excluding diaryl/α,β-unsaturated/α-hetero) is 1. The first-order valence-electron chi connectivity index (χ1n) is 10.5. The number of ketones is 1. The van der Waals surface area contributed by atoms with Gasteiger partial charge in [0.15, 0.2) is 5.78 Å². The van der Waals surface area contributed by atoms with Gasteiger partial charge in [-0.1, -0.05) is 6.07 Å². The van der Waals surface area contributed by atoms with E-state index in [4.69, 9.17) is 4.74 Å². The monoisotopic (exact) mass is 427 g/mol. The third kappa shape index (κ3) is 4.72. The standard InChI is InChI=1S/C25H25N5O2/c1-16(2)32-25-6-5-18(19-11-29-30(4)15-19)9-21(25)23-14-27-20(12-28-23)10-24(31)22-13-26-8-7-17(22)3/h5-9,11-16H,10H2,1-4H3. The minimum Gasteiger partial charge on any atom is -0.490 e. The maximum Gasteiger partial charge on any atom is 0.170 e. The lowest BCUT2D eigenvalue weighted by Gasteiger charge is -2.15. The first-order chi connectivity index (χ1) is 15.4. The Morgan fingerprint density at radius 2 is 1.91 bits per heavy atom. The SMILES string of the molecule is Cc1ccncc1C(=O)Cc1cnc(-c2cc(-c3cnn(C)c3)ccc2OC(C)C)cn1. The van der Waals surface area contributed by atoms with Crippen LogP contribution in [0.4, 0.5) is 0 Å². The van der Waals surface area contributed by atoms with E-state index in [0.717, 1.165) is 28.0 Å². The van der Waals surface area contributed by atoms with Crippen LogP contribution in [0.15, 0.2) is 61.4 Å². The Balaban J connectivity index is 1.63. The molecule has 0 radical (unpaired) electrons. The van der Waals surface area contributed by atoms with Crippen molar-refractivity contribution in [3.8, 4) is 28.1 Å². The van der Waals surface area contributed by atoms with Gasteiger partial charge in [-0.25, -0.2) is 0 Å². The number of aryl methyl sites for hydroxylation is 2. The van der Waals surface area contributed by atoms with Gasteiger partial charge in [0.1, 0.15) is 5.75 Å². The molecule has 0 aliphatic rings. The Morgan fingerprint density at radius 3 is 2.56 bits per heavy atom. The highest BCUT2D eigenvalue weighted by atomic mass is 16.5. The molecule has 0 aliphatic carbocycles. The largest absolute Gasteiger partial charge is 0.490 e. The van der Waals surface area contributed by atoms with Crippen molar-refractivity contribution in [3.63, 3.8) is 0 Å². The number of aromatic nitrogens is 5. The lowest BCUT2D eigenvalue weighted by atomic mass is 10.0. The molecule has 162 valence electrons. The van der Waals surface area contributed by atoms with Crippen molar-refractivity contribution < 1.29 is 9.53 Å². The first kappa shape index (κ1) is 21.4. The van der Waals surface area contributed by atoms with Gasteiger partial charge in [-0.05, 0) is 50.1 Å². The third-order valence-electron chi connectivity index (χ3n) is 5.04. The van der Waals surface area contributed by atoms with E-state index in [-0.39, 0.29) is 18.3 Å². The van der Waals surface area contributed by atoms with Crippen LogP contribution in [0.5, 0.6) is 5.75 Å². The molecule has 0 amide bonds. The van der Waals surface area contributed by atoms with E-state index in [0.29, 0.717) is 17.0 Å². The summed E-state index contributed by atoms with van der Waals surface area (Å²) >= 11 is 0. The van der Waals surface area contributed by atoms with E-state index >= 15 is 0 Å². The maximum absolute atomic E-state index is 12.6. The van der Waals surface area contributed by atoms with Gasteiger partial charge in [-0.3, -0.25) is 24.4 Å². The molecule has 0 aliphatic heterocycles. The fraction of sp³-hybridized carbons (Fsp3) is 0.240. The molecule has 0 spiro atoms. The molecule has 3 heterocycles. The van der Waals surface area contributed by atoms with Crippen LogP contribution in [0.25, 0.3) is 22.4 Å². The Kier molecular flexibility index (Phi) is 6.07. The Hall–Kier alpha value is -3.87. The van der Waals surface area contributed by atoms with E-state index in [1.54, 1.807) is 29.5 Å². The normalized spacial score (nSPS) is 11.0. The first-order valence-corrected chi connectivity index (χ1v) is 10.5. The van der Waals surface area contributed by atoms with Gasteiger partial charge < -0.3 is 4.74 Å². The van der Waals surface area contributed by atoms with Crippen LogP contribution in [0.1, 0.15) is 35.5 Å². The molecular weight excluding hydrogens is 402 g/mol. The van der Waals surface area contributed by atoms with Crippen LogP contribution in [0.2, 0.25) is 0 Å². The van der Waals surface area contributed by atoms with E-state index in [1.165, 1.54) is 0 Å². The number of rotatable bonds is 7. The molecule has 0 saturated heterocycles. The molecule has 4 aromatic rings. The molecule has 0 unspecified atom stereocenters. The Morgan fingerprint density at radius 1 is 1.06 bits per heavy atom. The van der Waals surface area contributed by atoms with Crippen LogP contribution in [-0.2, 0) is 13.5 Å². The van der Waals surface area contributed by atoms with Crippen LogP contribution in [0.3, 0.4) is 0 Å². The summed E-state index contributed by atoms with van der Waals surface area (Å²) < 4.78 is 7.78. The number of carbonyl (C=O) groups is 1. The average molecular weight is 428 g/mol. The fourth-order valence-electron chi connectivity index (χ4n) is 3.44. The van der Waals surface area contributed by atoms with Gasteiger partial charge in [-0.15, -0.1) is 0 Å². The van der Waals surface area contributed by atoms with Crippen molar-refractivity contribution in [2.24, 2.45) is 7.05 Å². The van der Waals surface area contributed by atoms with Crippen LogP contribution in [-0.4, -0.2) is 36.6 Å². The van der Waals surface area contributed by atoms with Gasteiger partial charge >= 0.3 is 0 Å². The van der Waals surface area contributed by atoms with Crippen molar-refractivity contribution in [1.29, 1.82) is 0 Å². The van der Waals surface area contributed by atoms with E-state index in [9.17, 15) is 4.79 Å². The molecule has 3 aromatic heterocycles.